The van der Waals surface area contributed by atoms with Crippen LogP contribution in [0.25, 0.3) is 0 Å². The molecule has 0 saturated carbocycles. The van der Waals surface area contributed by atoms with Crippen molar-refractivity contribution in [2.45, 2.75) is 30.4 Å². The standard InChI is InChI=1S/C13H16Br2O2/c1-2-3-4-17-13(16)12-6-10(8-14)5-11(7-12)9-15/h5-7H,2-4,8-9H2,1H3. The fourth-order valence-electron chi connectivity index (χ4n) is 1.43. The molecule has 0 aliphatic heterocycles. The summed E-state index contributed by atoms with van der Waals surface area (Å²) >= 11 is 6.80. The fraction of sp³-hybridized carbons (Fsp3) is 0.462. The van der Waals surface area contributed by atoms with E-state index in [1.807, 2.05) is 12.1 Å². The lowest BCUT2D eigenvalue weighted by Crippen LogP contribution is -2.07. The molecule has 0 heterocycles. The summed E-state index contributed by atoms with van der Waals surface area (Å²) in [4.78, 5) is 11.8. The van der Waals surface area contributed by atoms with Gasteiger partial charge in [-0.2, -0.15) is 0 Å². The van der Waals surface area contributed by atoms with Crippen LogP contribution in [-0.2, 0) is 15.4 Å². The molecule has 0 unspecified atom stereocenters. The maximum absolute atomic E-state index is 11.8. The van der Waals surface area contributed by atoms with Crippen molar-refractivity contribution in [2.75, 3.05) is 6.61 Å². The minimum atomic E-state index is -0.233. The number of hydrogen-bond donors (Lipinski definition) is 0. The molecule has 0 radical (unpaired) electrons. The number of carbonyl (C=O) groups is 1. The summed E-state index contributed by atoms with van der Waals surface area (Å²) in [5.41, 5.74) is 2.81. The molecule has 0 aromatic heterocycles. The minimum Gasteiger partial charge on any atom is -0.462 e. The first kappa shape index (κ1) is 14.7. The summed E-state index contributed by atoms with van der Waals surface area (Å²) in [6.07, 6.45) is 1.94. The monoisotopic (exact) mass is 362 g/mol. The van der Waals surface area contributed by atoms with E-state index in [-0.39, 0.29) is 5.97 Å². The highest BCUT2D eigenvalue weighted by atomic mass is 79.9. The number of benzene rings is 1. The molecule has 2 nitrogen and oxygen atoms in total. The lowest BCUT2D eigenvalue weighted by atomic mass is 10.1. The molecule has 0 atom stereocenters. The van der Waals surface area contributed by atoms with Gasteiger partial charge >= 0.3 is 5.97 Å². The summed E-state index contributed by atoms with van der Waals surface area (Å²) in [5.74, 6) is -0.233. The largest absolute Gasteiger partial charge is 0.462 e. The second kappa shape index (κ2) is 7.88. The lowest BCUT2D eigenvalue weighted by Gasteiger charge is -2.07. The second-order valence-electron chi connectivity index (χ2n) is 3.79. The fourth-order valence-corrected chi connectivity index (χ4v) is 2.07. The van der Waals surface area contributed by atoms with Gasteiger partial charge in [-0.3, -0.25) is 0 Å². The Hall–Kier alpha value is -0.350. The van der Waals surface area contributed by atoms with Crippen LogP contribution in [0.3, 0.4) is 0 Å². The van der Waals surface area contributed by atoms with Crippen LogP contribution in [0.4, 0.5) is 0 Å². The first-order valence-corrected chi connectivity index (χ1v) is 7.87. The molecule has 94 valence electrons. The van der Waals surface area contributed by atoms with Crippen molar-refractivity contribution in [3.05, 3.63) is 34.9 Å². The highest BCUT2D eigenvalue weighted by Gasteiger charge is 2.09. The first-order chi connectivity index (χ1) is 8.21. The summed E-state index contributed by atoms with van der Waals surface area (Å²) in [5, 5.41) is 1.48. The van der Waals surface area contributed by atoms with Gasteiger partial charge in [-0.05, 0) is 29.7 Å². The highest BCUT2D eigenvalue weighted by molar-refractivity contribution is 9.08. The van der Waals surface area contributed by atoms with Crippen molar-refractivity contribution < 1.29 is 9.53 Å². The van der Waals surface area contributed by atoms with Crippen molar-refractivity contribution in [3.8, 4) is 0 Å². The van der Waals surface area contributed by atoms with Gasteiger partial charge in [0.15, 0.2) is 0 Å². The van der Waals surface area contributed by atoms with Crippen LogP contribution < -0.4 is 0 Å². The van der Waals surface area contributed by atoms with E-state index in [4.69, 9.17) is 4.74 Å². The Morgan fingerprint density at radius 3 is 2.24 bits per heavy atom. The predicted molar refractivity (Wildman–Crippen MR) is 76.9 cm³/mol. The average molecular weight is 364 g/mol. The molecule has 1 aromatic carbocycles. The van der Waals surface area contributed by atoms with Gasteiger partial charge in [-0.25, -0.2) is 4.79 Å². The van der Waals surface area contributed by atoms with Crippen LogP contribution in [0.1, 0.15) is 41.3 Å². The molecule has 1 aromatic rings. The van der Waals surface area contributed by atoms with Crippen molar-refractivity contribution in [1.29, 1.82) is 0 Å². The van der Waals surface area contributed by atoms with Crippen molar-refractivity contribution in [3.63, 3.8) is 0 Å². The number of unbranched alkanes of at least 4 members (excludes halogenated alkanes) is 1. The third-order valence-corrected chi connectivity index (χ3v) is 3.62. The first-order valence-electron chi connectivity index (χ1n) is 5.63. The molecule has 1 rings (SSSR count). The summed E-state index contributed by atoms with van der Waals surface area (Å²) in [6.45, 7) is 2.57. The molecule has 0 spiro atoms. The van der Waals surface area contributed by atoms with Gasteiger partial charge in [0, 0.05) is 10.7 Å². The number of esters is 1. The highest BCUT2D eigenvalue weighted by Crippen LogP contribution is 2.16. The molecule has 0 amide bonds. The van der Waals surface area contributed by atoms with Gasteiger partial charge < -0.3 is 4.74 Å². The maximum atomic E-state index is 11.8. The molecule has 0 N–H and O–H groups in total. The van der Waals surface area contributed by atoms with Crippen LogP contribution in [0.15, 0.2) is 18.2 Å². The van der Waals surface area contributed by atoms with E-state index in [1.54, 1.807) is 0 Å². The van der Waals surface area contributed by atoms with Crippen LogP contribution in [0.2, 0.25) is 0 Å². The van der Waals surface area contributed by atoms with Gasteiger partial charge in [0.05, 0.1) is 12.2 Å². The molecule has 0 aliphatic rings. The summed E-state index contributed by atoms with van der Waals surface area (Å²) in [6, 6.07) is 5.80. The molecule has 4 heteroatoms. The van der Waals surface area contributed by atoms with E-state index in [1.165, 1.54) is 0 Å². The molecular weight excluding hydrogens is 348 g/mol. The van der Waals surface area contributed by atoms with Gasteiger partial charge in [-0.1, -0.05) is 51.3 Å². The molecule has 17 heavy (non-hydrogen) atoms. The van der Waals surface area contributed by atoms with Crippen molar-refractivity contribution in [2.24, 2.45) is 0 Å². The average Bonchev–Trinajstić information content (AvgIpc) is 2.38. The van der Waals surface area contributed by atoms with Gasteiger partial charge in [0.2, 0.25) is 0 Å². The Labute approximate surface area is 119 Å². The normalized spacial score (nSPS) is 10.3. The number of rotatable bonds is 6. The Bertz CT molecular complexity index is 355. The number of halogens is 2. The third kappa shape index (κ3) is 4.80. The minimum absolute atomic E-state index is 0.233. The summed E-state index contributed by atoms with van der Waals surface area (Å²) in [7, 11) is 0. The topological polar surface area (TPSA) is 26.3 Å². The predicted octanol–water partition coefficient (Wildman–Crippen LogP) is 4.43. The van der Waals surface area contributed by atoms with Crippen LogP contribution in [-0.4, -0.2) is 12.6 Å². The van der Waals surface area contributed by atoms with E-state index >= 15 is 0 Å². The lowest BCUT2D eigenvalue weighted by molar-refractivity contribution is 0.0499. The van der Waals surface area contributed by atoms with Gasteiger partial charge in [-0.15, -0.1) is 0 Å². The SMILES string of the molecule is CCCCOC(=O)c1cc(CBr)cc(CBr)c1. The van der Waals surface area contributed by atoms with E-state index in [0.717, 1.165) is 34.6 Å². The number of alkyl halides is 2. The second-order valence-corrected chi connectivity index (χ2v) is 4.92. The summed E-state index contributed by atoms with van der Waals surface area (Å²) < 4.78 is 5.20. The van der Waals surface area contributed by atoms with Gasteiger partial charge in [0.25, 0.3) is 0 Å². The molecular formula is C13H16Br2O2. The van der Waals surface area contributed by atoms with Crippen LogP contribution in [0.5, 0.6) is 0 Å². The Balaban J connectivity index is 2.77. The number of hydrogen-bond acceptors (Lipinski definition) is 2. The van der Waals surface area contributed by atoms with E-state index in [9.17, 15) is 4.79 Å². The smallest absolute Gasteiger partial charge is 0.338 e. The van der Waals surface area contributed by atoms with Gasteiger partial charge in [0.1, 0.15) is 0 Å². The van der Waals surface area contributed by atoms with Crippen molar-refractivity contribution >= 4 is 37.8 Å². The molecule has 0 saturated heterocycles. The van der Waals surface area contributed by atoms with E-state index in [2.05, 4.69) is 44.8 Å². The molecule has 0 bridgehead atoms. The quantitative estimate of drug-likeness (QED) is 0.424. The zero-order chi connectivity index (χ0) is 12.7. The maximum Gasteiger partial charge on any atom is 0.338 e. The van der Waals surface area contributed by atoms with E-state index < -0.39 is 0 Å². The molecule has 0 fully saturated rings. The van der Waals surface area contributed by atoms with Crippen LogP contribution >= 0.6 is 31.9 Å². The Morgan fingerprint density at radius 1 is 1.18 bits per heavy atom. The third-order valence-electron chi connectivity index (χ3n) is 2.33. The van der Waals surface area contributed by atoms with E-state index in [0.29, 0.717) is 12.2 Å². The molecule has 0 aliphatic carbocycles. The number of carbonyl (C=O) groups excluding carboxylic acids is 1. The Kier molecular flexibility index (Phi) is 6.82. The zero-order valence-electron chi connectivity index (χ0n) is 9.84. The zero-order valence-corrected chi connectivity index (χ0v) is 13.0. The van der Waals surface area contributed by atoms with Crippen LogP contribution in [0, 0.1) is 0 Å². The Morgan fingerprint density at radius 2 is 1.76 bits per heavy atom. The number of ether oxygens (including phenoxy) is 1. The van der Waals surface area contributed by atoms with Crippen molar-refractivity contribution in [1.82, 2.24) is 0 Å².